The van der Waals surface area contributed by atoms with Crippen molar-refractivity contribution < 1.29 is 4.79 Å². The van der Waals surface area contributed by atoms with Gasteiger partial charge in [0.1, 0.15) is 5.82 Å². The van der Waals surface area contributed by atoms with Gasteiger partial charge in [0.15, 0.2) is 5.78 Å². The first-order valence-electron chi connectivity index (χ1n) is 4.80. The Hall–Kier alpha value is -0.720. The Morgan fingerprint density at radius 2 is 2.27 bits per heavy atom. The molecule has 0 fully saturated rings. The maximum absolute atomic E-state index is 11.7. The van der Waals surface area contributed by atoms with Crippen LogP contribution in [0, 0.1) is 10.5 Å². The average molecular weight is 320 g/mol. The van der Waals surface area contributed by atoms with Crippen molar-refractivity contribution in [1.29, 1.82) is 0 Å². The highest BCUT2D eigenvalue weighted by Crippen LogP contribution is 1.99. The zero-order valence-electron chi connectivity index (χ0n) is 8.79. The second-order valence-corrected chi connectivity index (χ2v) is 4.50. The molecule has 1 rings (SSSR count). The molecule has 0 aromatic carbocycles. The highest BCUT2D eigenvalue weighted by atomic mass is 127. The molecule has 0 aliphatic carbocycles. The summed E-state index contributed by atoms with van der Waals surface area (Å²) >= 11 is 1.93. The number of Topliss-reactive ketones (excluding diaryl/α,β-unsaturated/α-hetero) is 1. The van der Waals surface area contributed by atoms with E-state index >= 15 is 0 Å². The predicted octanol–water partition coefficient (Wildman–Crippen LogP) is 1.53. The van der Waals surface area contributed by atoms with Gasteiger partial charge in [-0.15, -0.1) is 0 Å². The molecular formula is C10H13IN2O2. The first kappa shape index (κ1) is 12.4. The van der Waals surface area contributed by atoms with E-state index in [9.17, 15) is 9.59 Å². The SMILES string of the molecule is CCCC(=O)Cn1c(C)ncc(I)c1=O. The minimum Gasteiger partial charge on any atom is -0.298 e. The fourth-order valence-corrected chi connectivity index (χ4v) is 1.70. The van der Waals surface area contributed by atoms with Crippen LogP contribution in [0.25, 0.3) is 0 Å². The fourth-order valence-electron chi connectivity index (χ4n) is 1.27. The Labute approximate surface area is 102 Å². The number of ketones is 1. The number of hydrogen-bond acceptors (Lipinski definition) is 3. The van der Waals surface area contributed by atoms with Crippen LogP contribution in [0.4, 0.5) is 0 Å². The molecule has 0 radical (unpaired) electrons. The minimum atomic E-state index is -0.132. The van der Waals surface area contributed by atoms with Gasteiger partial charge < -0.3 is 0 Å². The summed E-state index contributed by atoms with van der Waals surface area (Å²) in [6, 6.07) is 0. The number of carbonyl (C=O) groups excluding carboxylic acids is 1. The molecule has 1 aromatic rings. The lowest BCUT2D eigenvalue weighted by Gasteiger charge is -2.07. The number of nitrogens with zero attached hydrogens (tertiary/aromatic N) is 2. The van der Waals surface area contributed by atoms with E-state index in [4.69, 9.17) is 0 Å². The highest BCUT2D eigenvalue weighted by molar-refractivity contribution is 14.1. The summed E-state index contributed by atoms with van der Waals surface area (Å²) < 4.78 is 1.97. The molecule has 5 heteroatoms. The summed E-state index contributed by atoms with van der Waals surface area (Å²) in [7, 11) is 0. The van der Waals surface area contributed by atoms with Gasteiger partial charge in [-0.05, 0) is 35.9 Å². The first-order chi connectivity index (χ1) is 7.06. The van der Waals surface area contributed by atoms with E-state index in [1.165, 1.54) is 10.8 Å². The molecule has 0 spiro atoms. The second-order valence-electron chi connectivity index (χ2n) is 3.33. The van der Waals surface area contributed by atoms with Gasteiger partial charge in [0.25, 0.3) is 5.56 Å². The zero-order valence-corrected chi connectivity index (χ0v) is 10.9. The third-order valence-corrected chi connectivity index (χ3v) is 2.81. The van der Waals surface area contributed by atoms with Crippen LogP contribution in [0.5, 0.6) is 0 Å². The van der Waals surface area contributed by atoms with Gasteiger partial charge in [-0.25, -0.2) is 4.98 Å². The van der Waals surface area contributed by atoms with Crippen molar-refractivity contribution >= 4 is 28.4 Å². The van der Waals surface area contributed by atoms with E-state index in [2.05, 4.69) is 4.98 Å². The normalized spacial score (nSPS) is 10.3. The molecule has 1 heterocycles. The fraction of sp³-hybridized carbons (Fsp3) is 0.500. The minimum absolute atomic E-state index is 0.0755. The first-order valence-corrected chi connectivity index (χ1v) is 5.87. The second kappa shape index (κ2) is 5.39. The van der Waals surface area contributed by atoms with E-state index < -0.39 is 0 Å². The summed E-state index contributed by atoms with van der Waals surface area (Å²) in [5.41, 5.74) is -0.132. The molecule has 0 saturated heterocycles. The molecule has 0 bridgehead atoms. The van der Waals surface area contributed by atoms with Crippen LogP contribution >= 0.6 is 22.6 Å². The van der Waals surface area contributed by atoms with Gasteiger partial charge in [0.2, 0.25) is 0 Å². The van der Waals surface area contributed by atoms with E-state index in [1.54, 1.807) is 6.92 Å². The average Bonchev–Trinajstić information content (AvgIpc) is 2.19. The zero-order chi connectivity index (χ0) is 11.4. The standard InChI is InChI=1S/C10H13IN2O2/c1-3-4-8(14)6-13-7(2)12-5-9(11)10(13)15/h5H,3-4,6H2,1-2H3. The van der Waals surface area contributed by atoms with Gasteiger partial charge in [0, 0.05) is 12.6 Å². The number of rotatable bonds is 4. The summed E-state index contributed by atoms with van der Waals surface area (Å²) in [5, 5.41) is 0. The van der Waals surface area contributed by atoms with Gasteiger partial charge >= 0.3 is 0 Å². The van der Waals surface area contributed by atoms with Crippen LogP contribution in [-0.2, 0) is 11.3 Å². The molecule has 0 aliphatic heterocycles. The maximum atomic E-state index is 11.7. The van der Waals surface area contributed by atoms with Crippen LogP contribution in [0.2, 0.25) is 0 Å². The Balaban J connectivity index is 2.99. The third kappa shape index (κ3) is 3.12. The predicted molar refractivity (Wildman–Crippen MR) is 65.9 cm³/mol. The molecule has 82 valence electrons. The summed E-state index contributed by atoms with van der Waals surface area (Å²) in [4.78, 5) is 27.2. The number of halogens is 1. The van der Waals surface area contributed by atoms with Crippen molar-refractivity contribution in [1.82, 2.24) is 9.55 Å². The molecule has 0 unspecified atom stereocenters. The molecule has 15 heavy (non-hydrogen) atoms. The lowest BCUT2D eigenvalue weighted by molar-refractivity contribution is -0.119. The maximum Gasteiger partial charge on any atom is 0.267 e. The van der Waals surface area contributed by atoms with Gasteiger partial charge in [-0.2, -0.15) is 0 Å². The number of hydrogen-bond donors (Lipinski definition) is 0. The molecule has 0 atom stereocenters. The highest BCUT2D eigenvalue weighted by Gasteiger charge is 2.08. The van der Waals surface area contributed by atoms with Crippen LogP contribution in [-0.4, -0.2) is 15.3 Å². The lowest BCUT2D eigenvalue weighted by atomic mass is 10.2. The molecule has 0 saturated carbocycles. The monoisotopic (exact) mass is 320 g/mol. The largest absolute Gasteiger partial charge is 0.298 e. The Kier molecular flexibility index (Phi) is 4.44. The van der Waals surface area contributed by atoms with E-state index in [0.717, 1.165) is 6.42 Å². The van der Waals surface area contributed by atoms with Crippen LogP contribution in [0.3, 0.4) is 0 Å². The van der Waals surface area contributed by atoms with Crippen molar-refractivity contribution in [3.8, 4) is 0 Å². The Morgan fingerprint density at radius 3 is 2.87 bits per heavy atom. The van der Waals surface area contributed by atoms with Crippen molar-refractivity contribution in [3.05, 3.63) is 25.9 Å². The Bertz CT molecular complexity index is 426. The topological polar surface area (TPSA) is 52.0 Å². The molecule has 0 amide bonds. The number of aryl methyl sites for hydroxylation is 1. The van der Waals surface area contributed by atoms with Gasteiger partial charge in [-0.1, -0.05) is 6.92 Å². The van der Waals surface area contributed by atoms with Gasteiger partial charge in [0.05, 0.1) is 10.1 Å². The van der Waals surface area contributed by atoms with Gasteiger partial charge in [-0.3, -0.25) is 14.2 Å². The molecular weight excluding hydrogens is 307 g/mol. The number of aromatic nitrogens is 2. The summed E-state index contributed by atoms with van der Waals surface area (Å²) in [6.45, 7) is 3.82. The van der Waals surface area contributed by atoms with Crippen molar-refractivity contribution in [3.63, 3.8) is 0 Å². The van der Waals surface area contributed by atoms with Crippen molar-refractivity contribution in [2.75, 3.05) is 0 Å². The van der Waals surface area contributed by atoms with E-state index in [-0.39, 0.29) is 17.9 Å². The molecule has 1 aromatic heterocycles. The molecule has 4 nitrogen and oxygen atoms in total. The van der Waals surface area contributed by atoms with Crippen molar-refractivity contribution in [2.24, 2.45) is 0 Å². The lowest BCUT2D eigenvalue weighted by Crippen LogP contribution is -2.28. The van der Waals surface area contributed by atoms with Crippen LogP contribution in [0.15, 0.2) is 11.0 Å². The smallest absolute Gasteiger partial charge is 0.267 e. The third-order valence-electron chi connectivity index (χ3n) is 2.07. The summed E-state index contributed by atoms with van der Waals surface area (Å²) in [5.74, 6) is 0.663. The quantitative estimate of drug-likeness (QED) is 0.791. The number of carbonyl (C=O) groups is 1. The van der Waals surface area contributed by atoms with Crippen LogP contribution < -0.4 is 5.56 Å². The molecule has 0 N–H and O–H groups in total. The summed E-state index contributed by atoms with van der Waals surface area (Å²) in [6.07, 6.45) is 2.85. The molecule has 0 aliphatic rings. The Morgan fingerprint density at radius 1 is 1.60 bits per heavy atom. The van der Waals surface area contributed by atoms with Crippen molar-refractivity contribution in [2.45, 2.75) is 33.2 Å². The van der Waals surface area contributed by atoms with Crippen LogP contribution in [0.1, 0.15) is 25.6 Å². The van der Waals surface area contributed by atoms with E-state index in [0.29, 0.717) is 15.8 Å². The van der Waals surface area contributed by atoms with E-state index in [1.807, 2.05) is 29.5 Å².